The van der Waals surface area contributed by atoms with Gasteiger partial charge in [0.25, 0.3) is 0 Å². The molecule has 2 rings (SSSR count). The van der Waals surface area contributed by atoms with E-state index in [1.165, 1.54) is 0 Å². The summed E-state index contributed by atoms with van der Waals surface area (Å²) >= 11 is 0. The average Bonchev–Trinajstić information content (AvgIpc) is 2.42. The second-order valence-corrected chi connectivity index (χ2v) is 3.55. The summed E-state index contributed by atoms with van der Waals surface area (Å²) in [5.41, 5.74) is 0.332. The molecule has 0 aromatic heterocycles. The van der Waals surface area contributed by atoms with Crippen molar-refractivity contribution < 1.29 is 9.90 Å². The Bertz CT molecular complexity index is 368. The van der Waals surface area contributed by atoms with Crippen molar-refractivity contribution in [1.82, 2.24) is 4.90 Å². The molecule has 4 heteroatoms. The van der Waals surface area contributed by atoms with Gasteiger partial charge in [0.15, 0.2) is 0 Å². The number of amidine groups is 1. The molecule has 0 saturated carbocycles. The topological polar surface area (TPSA) is 52.9 Å². The van der Waals surface area contributed by atoms with Crippen molar-refractivity contribution in [2.45, 2.75) is 19.0 Å². The quantitative estimate of drug-likeness (QED) is 0.664. The molecule has 2 unspecified atom stereocenters. The molecular weight excluding hydrogens is 180 g/mol. The van der Waals surface area contributed by atoms with Gasteiger partial charge in [0, 0.05) is 7.05 Å². The fraction of sp³-hybridized carbons (Fsp3) is 0.400. The van der Waals surface area contributed by atoms with Crippen LogP contribution in [0.4, 0.5) is 0 Å². The van der Waals surface area contributed by atoms with Crippen molar-refractivity contribution in [2.24, 2.45) is 4.99 Å². The van der Waals surface area contributed by atoms with Crippen molar-refractivity contribution in [1.29, 1.82) is 0 Å². The Morgan fingerprint density at radius 2 is 2.36 bits per heavy atom. The molecule has 0 bridgehead atoms. The minimum absolute atomic E-state index is 0.0314. The van der Waals surface area contributed by atoms with Gasteiger partial charge in [0.1, 0.15) is 0 Å². The highest BCUT2D eigenvalue weighted by Crippen LogP contribution is 2.23. The number of likely N-dealkylation sites (N-methyl/N-ethyl adjacent to an activating group) is 1. The highest BCUT2D eigenvalue weighted by Gasteiger charge is 2.31. The molecule has 4 nitrogen and oxygen atoms in total. The predicted octanol–water partition coefficient (Wildman–Crippen LogP) is 0.668. The highest BCUT2D eigenvalue weighted by atomic mass is 16.4. The third-order valence-corrected chi connectivity index (χ3v) is 2.71. The first-order valence-electron chi connectivity index (χ1n) is 4.50. The lowest BCUT2D eigenvalue weighted by Crippen LogP contribution is -2.35. The Kier molecular flexibility index (Phi) is 1.91. The molecule has 2 aliphatic rings. The maximum Gasteiger partial charge on any atom is 0.335 e. The number of aliphatic carboxylic acids is 1. The van der Waals surface area contributed by atoms with Crippen molar-refractivity contribution in [3.8, 4) is 0 Å². The van der Waals surface area contributed by atoms with Gasteiger partial charge in [0.05, 0.1) is 23.5 Å². The monoisotopic (exact) mass is 192 g/mol. The zero-order valence-electron chi connectivity index (χ0n) is 8.14. The van der Waals surface area contributed by atoms with Crippen LogP contribution in [0.1, 0.15) is 6.92 Å². The smallest absolute Gasteiger partial charge is 0.335 e. The van der Waals surface area contributed by atoms with E-state index in [1.54, 1.807) is 12.2 Å². The van der Waals surface area contributed by atoms with E-state index in [2.05, 4.69) is 9.89 Å². The first kappa shape index (κ1) is 8.99. The third-order valence-electron chi connectivity index (χ3n) is 2.71. The summed E-state index contributed by atoms with van der Waals surface area (Å²) in [6.07, 6.45) is 5.25. The Morgan fingerprint density at radius 1 is 1.64 bits per heavy atom. The molecule has 0 aromatic rings. The minimum Gasteiger partial charge on any atom is -0.478 e. The van der Waals surface area contributed by atoms with Crippen LogP contribution in [0, 0.1) is 0 Å². The number of carboxylic acids is 1. The summed E-state index contributed by atoms with van der Waals surface area (Å²) in [6.45, 7) is 1.93. The molecule has 0 fully saturated rings. The van der Waals surface area contributed by atoms with Crippen LogP contribution in [0.3, 0.4) is 0 Å². The Morgan fingerprint density at radius 3 is 3.00 bits per heavy atom. The lowest BCUT2D eigenvalue weighted by Gasteiger charge is -2.23. The van der Waals surface area contributed by atoms with E-state index >= 15 is 0 Å². The molecule has 1 heterocycles. The van der Waals surface area contributed by atoms with Crippen LogP contribution >= 0.6 is 0 Å². The average molecular weight is 192 g/mol. The standard InChI is InChI=1S/C10H12N2O2/c1-6-11-8-5-7(10(13)14)3-4-9(8)12(6)2/h3-5,8-9H,1-2H3,(H,13,14). The fourth-order valence-corrected chi connectivity index (χ4v) is 1.79. The number of fused-ring (bicyclic) bond motifs is 1. The van der Waals surface area contributed by atoms with Crippen LogP contribution in [0.15, 0.2) is 28.8 Å². The third kappa shape index (κ3) is 1.23. The predicted molar refractivity (Wildman–Crippen MR) is 53.3 cm³/mol. The second-order valence-electron chi connectivity index (χ2n) is 3.55. The molecule has 1 N–H and O–H groups in total. The van der Waals surface area contributed by atoms with Crippen LogP contribution in [0.2, 0.25) is 0 Å². The van der Waals surface area contributed by atoms with E-state index in [4.69, 9.17) is 5.11 Å². The van der Waals surface area contributed by atoms with Crippen LogP contribution < -0.4 is 0 Å². The first-order chi connectivity index (χ1) is 6.59. The molecule has 0 amide bonds. The maximum absolute atomic E-state index is 10.7. The molecule has 0 radical (unpaired) electrons. The maximum atomic E-state index is 10.7. The Labute approximate surface area is 82.2 Å². The number of hydrogen-bond acceptors (Lipinski definition) is 3. The summed E-state index contributed by atoms with van der Waals surface area (Å²) in [4.78, 5) is 17.2. The largest absolute Gasteiger partial charge is 0.478 e. The van der Waals surface area contributed by atoms with Gasteiger partial charge in [0.2, 0.25) is 0 Å². The number of carboxylic acid groups (broad SMARTS) is 1. The van der Waals surface area contributed by atoms with E-state index in [9.17, 15) is 4.79 Å². The molecular formula is C10H12N2O2. The normalized spacial score (nSPS) is 29.7. The van der Waals surface area contributed by atoms with Gasteiger partial charge < -0.3 is 10.0 Å². The fourth-order valence-electron chi connectivity index (χ4n) is 1.79. The molecule has 74 valence electrons. The van der Waals surface area contributed by atoms with Gasteiger partial charge in [-0.15, -0.1) is 0 Å². The van der Waals surface area contributed by atoms with E-state index in [0.717, 1.165) is 5.84 Å². The lowest BCUT2D eigenvalue weighted by molar-refractivity contribution is -0.132. The van der Waals surface area contributed by atoms with Gasteiger partial charge in [-0.05, 0) is 19.1 Å². The molecule has 1 aliphatic heterocycles. The van der Waals surface area contributed by atoms with Gasteiger partial charge in [-0.2, -0.15) is 0 Å². The Balaban J connectivity index is 2.29. The van der Waals surface area contributed by atoms with Crippen molar-refractivity contribution in [3.05, 3.63) is 23.8 Å². The van der Waals surface area contributed by atoms with E-state index in [1.807, 2.05) is 20.0 Å². The van der Waals surface area contributed by atoms with Gasteiger partial charge in [-0.1, -0.05) is 6.08 Å². The molecule has 0 saturated heterocycles. The Hall–Kier alpha value is -1.58. The summed E-state index contributed by atoms with van der Waals surface area (Å²) in [6, 6.07) is 0.161. The number of hydrogen-bond donors (Lipinski definition) is 1. The highest BCUT2D eigenvalue weighted by molar-refractivity contribution is 5.91. The van der Waals surface area contributed by atoms with Gasteiger partial charge in [-0.3, -0.25) is 4.99 Å². The first-order valence-corrected chi connectivity index (χ1v) is 4.50. The van der Waals surface area contributed by atoms with Crippen LogP contribution in [-0.2, 0) is 4.79 Å². The number of aliphatic imine (C=N–C) groups is 1. The lowest BCUT2D eigenvalue weighted by atomic mass is 9.99. The summed E-state index contributed by atoms with van der Waals surface area (Å²) in [7, 11) is 1.97. The van der Waals surface area contributed by atoms with E-state index in [-0.39, 0.29) is 12.1 Å². The van der Waals surface area contributed by atoms with Crippen LogP contribution in [0.5, 0.6) is 0 Å². The number of rotatable bonds is 1. The summed E-state index contributed by atoms with van der Waals surface area (Å²) in [5.74, 6) is 0.0645. The zero-order chi connectivity index (χ0) is 10.3. The van der Waals surface area contributed by atoms with Gasteiger partial charge >= 0.3 is 5.97 Å². The van der Waals surface area contributed by atoms with Crippen molar-refractivity contribution in [2.75, 3.05) is 7.05 Å². The molecule has 0 aromatic carbocycles. The summed E-state index contributed by atoms with van der Waals surface area (Å²) in [5, 5.41) is 8.81. The van der Waals surface area contributed by atoms with Crippen molar-refractivity contribution >= 4 is 11.8 Å². The van der Waals surface area contributed by atoms with Crippen molar-refractivity contribution in [3.63, 3.8) is 0 Å². The molecule has 0 spiro atoms. The summed E-state index contributed by atoms with van der Waals surface area (Å²) < 4.78 is 0. The van der Waals surface area contributed by atoms with Gasteiger partial charge in [-0.25, -0.2) is 4.79 Å². The minimum atomic E-state index is -0.887. The molecule has 14 heavy (non-hydrogen) atoms. The zero-order valence-corrected chi connectivity index (χ0v) is 8.14. The number of carbonyl (C=O) groups is 1. The second kappa shape index (κ2) is 2.97. The van der Waals surface area contributed by atoms with Crippen LogP contribution in [-0.4, -0.2) is 40.9 Å². The SMILES string of the molecule is CC1=NC2C=C(C(=O)O)C=CC2N1C. The van der Waals surface area contributed by atoms with Crippen LogP contribution in [0.25, 0.3) is 0 Å². The number of nitrogens with zero attached hydrogens (tertiary/aromatic N) is 2. The molecule has 2 atom stereocenters. The molecule has 1 aliphatic carbocycles. The van der Waals surface area contributed by atoms with E-state index < -0.39 is 5.97 Å². The van der Waals surface area contributed by atoms with E-state index in [0.29, 0.717) is 5.57 Å².